The SMILES string of the molecule is COC(=O)C(NC(C)c1ccc(O)cc1)C(C)C. The third-order valence-electron chi connectivity index (χ3n) is 2.94. The van der Waals surface area contributed by atoms with Crippen molar-refractivity contribution in [1.29, 1.82) is 0 Å². The summed E-state index contributed by atoms with van der Waals surface area (Å²) in [6.45, 7) is 5.92. The summed E-state index contributed by atoms with van der Waals surface area (Å²) >= 11 is 0. The average Bonchev–Trinajstić information content (AvgIpc) is 2.35. The number of methoxy groups -OCH3 is 1. The molecule has 2 atom stereocenters. The number of carbonyl (C=O) groups is 1. The largest absolute Gasteiger partial charge is 0.508 e. The van der Waals surface area contributed by atoms with E-state index in [0.717, 1.165) is 5.56 Å². The van der Waals surface area contributed by atoms with Crippen LogP contribution in [0.2, 0.25) is 0 Å². The molecule has 100 valence electrons. The van der Waals surface area contributed by atoms with Gasteiger partial charge in [-0.3, -0.25) is 10.1 Å². The highest BCUT2D eigenvalue weighted by atomic mass is 16.5. The molecule has 1 aromatic rings. The van der Waals surface area contributed by atoms with Crippen molar-refractivity contribution in [3.05, 3.63) is 29.8 Å². The summed E-state index contributed by atoms with van der Waals surface area (Å²) < 4.78 is 4.79. The molecular formula is C14H21NO3. The van der Waals surface area contributed by atoms with Gasteiger partial charge in [-0.25, -0.2) is 0 Å². The van der Waals surface area contributed by atoms with Gasteiger partial charge in [0, 0.05) is 6.04 Å². The summed E-state index contributed by atoms with van der Waals surface area (Å²) in [5.41, 5.74) is 1.02. The van der Waals surface area contributed by atoms with E-state index in [1.165, 1.54) is 7.11 Å². The van der Waals surface area contributed by atoms with Gasteiger partial charge in [0.15, 0.2) is 0 Å². The maximum Gasteiger partial charge on any atom is 0.323 e. The van der Waals surface area contributed by atoms with Gasteiger partial charge in [-0.2, -0.15) is 0 Å². The maximum atomic E-state index is 11.6. The lowest BCUT2D eigenvalue weighted by Gasteiger charge is -2.24. The molecule has 0 saturated carbocycles. The minimum atomic E-state index is -0.334. The number of benzene rings is 1. The van der Waals surface area contributed by atoms with Crippen molar-refractivity contribution in [3.63, 3.8) is 0 Å². The number of nitrogens with one attached hydrogen (secondary N) is 1. The quantitative estimate of drug-likeness (QED) is 0.788. The lowest BCUT2D eigenvalue weighted by atomic mass is 10.0. The number of phenolic OH excluding ortho intramolecular Hbond substituents is 1. The molecule has 0 aliphatic carbocycles. The maximum absolute atomic E-state index is 11.6. The van der Waals surface area contributed by atoms with Gasteiger partial charge >= 0.3 is 5.97 Å². The molecule has 0 bridgehead atoms. The first-order chi connectivity index (χ1) is 8.45. The summed E-state index contributed by atoms with van der Waals surface area (Å²) in [7, 11) is 1.39. The summed E-state index contributed by atoms with van der Waals surface area (Å²) in [6.07, 6.45) is 0. The van der Waals surface area contributed by atoms with Crippen molar-refractivity contribution in [1.82, 2.24) is 5.32 Å². The molecule has 0 amide bonds. The standard InChI is InChI=1S/C14H21NO3/c1-9(2)13(14(17)18-4)15-10(3)11-5-7-12(16)8-6-11/h5-10,13,15-16H,1-4H3. The minimum absolute atomic E-state index is 0.0112. The molecule has 0 saturated heterocycles. The number of esters is 1. The average molecular weight is 251 g/mol. The Labute approximate surface area is 108 Å². The third kappa shape index (κ3) is 3.74. The lowest BCUT2D eigenvalue weighted by molar-refractivity contribution is -0.144. The predicted octanol–water partition coefficient (Wildman–Crippen LogP) is 2.24. The monoisotopic (exact) mass is 251 g/mol. The van der Waals surface area contributed by atoms with Crippen LogP contribution in [0.25, 0.3) is 0 Å². The topological polar surface area (TPSA) is 58.6 Å². The molecule has 0 aliphatic rings. The van der Waals surface area contributed by atoms with Crippen LogP contribution in [-0.2, 0) is 9.53 Å². The third-order valence-corrected chi connectivity index (χ3v) is 2.94. The molecule has 0 spiro atoms. The summed E-state index contributed by atoms with van der Waals surface area (Å²) in [5.74, 6) is 0.131. The van der Waals surface area contributed by atoms with Gasteiger partial charge in [0.25, 0.3) is 0 Å². The summed E-state index contributed by atoms with van der Waals surface area (Å²) in [5, 5.41) is 12.5. The van der Waals surface area contributed by atoms with E-state index in [1.54, 1.807) is 12.1 Å². The Bertz CT molecular complexity index is 387. The normalized spacial score (nSPS) is 14.3. The van der Waals surface area contributed by atoms with Gasteiger partial charge < -0.3 is 9.84 Å². The zero-order valence-electron chi connectivity index (χ0n) is 11.3. The van der Waals surface area contributed by atoms with E-state index in [9.17, 15) is 9.90 Å². The highest BCUT2D eigenvalue weighted by Crippen LogP contribution is 2.18. The molecule has 4 heteroatoms. The zero-order chi connectivity index (χ0) is 13.7. The first kappa shape index (κ1) is 14.5. The molecule has 4 nitrogen and oxygen atoms in total. The number of hydrogen-bond acceptors (Lipinski definition) is 4. The Morgan fingerprint density at radius 2 is 1.78 bits per heavy atom. The fourth-order valence-electron chi connectivity index (χ4n) is 1.79. The molecule has 1 rings (SSSR count). The second-order valence-corrected chi connectivity index (χ2v) is 4.72. The van der Waals surface area contributed by atoms with Crippen molar-refractivity contribution in [2.24, 2.45) is 5.92 Å². The number of rotatable bonds is 5. The number of hydrogen-bond donors (Lipinski definition) is 2. The number of aromatic hydroxyl groups is 1. The van der Waals surface area contributed by atoms with Crippen molar-refractivity contribution in [3.8, 4) is 5.75 Å². The Kier molecular flexibility index (Phi) is 5.16. The smallest absolute Gasteiger partial charge is 0.323 e. The molecular weight excluding hydrogens is 230 g/mol. The fourth-order valence-corrected chi connectivity index (χ4v) is 1.79. The summed E-state index contributed by atoms with van der Waals surface area (Å²) in [6, 6.07) is 6.62. The van der Waals surface area contributed by atoms with E-state index in [0.29, 0.717) is 0 Å². The van der Waals surface area contributed by atoms with Gasteiger partial charge in [0.2, 0.25) is 0 Å². The van der Waals surface area contributed by atoms with Crippen LogP contribution in [0.5, 0.6) is 5.75 Å². The molecule has 2 unspecified atom stereocenters. The second-order valence-electron chi connectivity index (χ2n) is 4.72. The number of phenols is 1. The van der Waals surface area contributed by atoms with Gasteiger partial charge in [-0.1, -0.05) is 26.0 Å². The Morgan fingerprint density at radius 3 is 2.22 bits per heavy atom. The van der Waals surface area contributed by atoms with Crippen LogP contribution in [0.4, 0.5) is 0 Å². The van der Waals surface area contributed by atoms with Crippen molar-refractivity contribution in [2.45, 2.75) is 32.9 Å². The highest BCUT2D eigenvalue weighted by molar-refractivity contribution is 5.76. The van der Waals surface area contributed by atoms with Crippen molar-refractivity contribution < 1.29 is 14.6 Å². The number of carbonyl (C=O) groups excluding carboxylic acids is 1. The Hall–Kier alpha value is -1.55. The highest BCUT2D eigenvalue weighted by Gasteiger charge is 2.24. The van der Waals surface area contributed by atoms with Gasteiger partial charge in [0.1, 0.15) is 11.8 Å². The predicted molar refractivity (Wildman–Crippen MR) is 70.3 cm³/mol. The van der Waals surface area contributed by atoms with E-state index < -0.39 is 0 Å². The van der Waals surface area contributed by atoms with E-state index in [-0.39, 0.29) is 29.7 Å². The summed E-state index contributed by atoms with van der Waals surface area (Å²) in [4.78, 5) is 11.6. The van der Waals surface area contributed by atoms with E-state index >= 15 is 0 Å². The van der Waals surface area contributed by atoms with Crippen LogP contribution in [0.15, 0.2) is 24.3 Å². The van der Waals surface area contributed by atoms with E-state index in [4.69, 9.17) is 4.74 Å². The number of ether oxygens (including phenoxy) is 1. The van der Waals surface area contributed by atoms with Crippen LogP contribution in [0.1, 0.15) is 32.4 Å². The first-order valence-electron chi connectivity index (χ1n) is 6.08. The molecule has 1 aromatic carbocycles. The minimum Gasteiger partial charge on any atom is -0.508 e. The molecule has 18 heavy (non-hydrogen) atoms. The van der Waals surface area contributed by atoms with Gasteiger partial charge in [0.05, 0.1) is 7.11 Å². The molecule has 0 aromatic heterocycles. The lowest BCUT2D eigenvalue weighted by Crippen LogP contribution is -2.42. The van der Waals surface area contributed by atoms with E-state index in [2.05, 4.69) is 5.32 Å². The van der Waals surface area contributed by atoms with Crippen LogP contribution in [0, 0.1) is 5.92 Å². The Morgan fingerprint density at radius 1 is 1.22 bits per heavy atom. The van der Waals surface area contributed by atoms with Gasteiger partial charge in [-0.15, -0.1) is 0 Å². The Balaban J connectivity index is 2.75. The van der Waals surface area contributed by atoms with Crippen molar-refractivity contribution >= 4 is 5.97 Å². The van der Waals surface area contributed by atoms with Crippen molar-refractivity contribution in [2.75, 3.05) is 7.11 Å². The van der Waals surface area contributed by atoms with E-state index in [1.807, 2.05) is 32.9 Å². The van der Waals surface area contributed by atoms with Crippen LogP contribution >= 0.6 is 0 Å². The molecule has 0 heterocycles. The fraction of sp³-hybridized carbons (Fsp3) is 0.500. The van der Waals surface area contributed by atoms with Crippen LogP contribution in [0.3, 0.4) is 0 Å². The zero-order valence-corrected chi connectivity index (χ0v) is 11.3. The molecule has 0 fully saturated rings. The molecule has 0 radical (unpaired) electrons. The second kappa shape index (κ2) is 6.40. The first-order valence-corrected chi connectivity index (χ1v) is 6.08. The molecule has 2 N–H and O–H groups in total. The molecule has 0 aliphatic heterocycles. The van der Waals surface area contributed by atoms with Crippen LogP contribution in [-0.4, -0.2) is 24.2 Å². The van der Waals surface area contributed by atoms with Crippen LogP contribution < -0.4 is 5.32 Å². The van der Waals surface area contributed by atoms with Gasteiger partial charge in [-0.05, 0) is 30.5 Å².